The highest BCUT2D eigenvalue weighted by Crippen LogP contribution is 2.27. The Balaban J connectivity index is 2.26. The lowest BCUT2D eigenvalue weighted by molar-refractivity contribution is 0.296. The monoisotopic (exact) mass is 260 g/mol. The van der Waals surface area contributed by atoms with Gasteiger partial charge in [-0.3, -0.25) is 0 Å². The second-order valence-corrected chi connectivity index (χ2v) is 4.95. The van der Waals surface area contributed by atoms with Gasteiger partial charge >= 0.3 is 0 Å². The summed E-state index contributed by atoms with van der Waals surface area (Å²) in [5, 5.41) is 12.5. The van der Waals surface area contributed by atoms with E-state index in [1.165, 1.54) is 0 Å². The van der Waals surface area contributed by atoms with Gasteiger partial charge in [-0.15, -0.1) is 0 Å². The van der Waals surface area contributed by atoms with Crippen molar-refractivity contribution in [3.63, 3.8) is 0 Å². The zero-order valence-electron chi connectivity index (χ0n) is 9.08. The molecule has 0 aliphatic carbocycles. The molecule has 0 saturated carbocycles. The molecule has 3 nitrogen and oxygen atoms in total. The molecule has 4 N–H and O–H groups in total. The maximum absolute atomic E-state index is 8.61. The van der Waals surface area contributed by atoms with Crippen molar-refractivity contribution in [2.45, 2.75) is 6.42 Å². The van der Waals surface area contributed by atoms with E-state index in [0.717, 1.165) is 30.2 Å². The third kappa shape index (κ3) is 4.51. The van der Waals surface area contributed by atoms with E-state index in [9.17, 15) is 0 Å². The quantitative estimate of drug-likeness (QED) is 0.521. The molecule has 0 bridgehead atoms. The van der Waals surface area contributed by atoms with Crippen LogP contribution >= 0.6 is 23.4 Å². The molecule has 16 heavy (non-hydrogen) atoms. The average molecular weight is 261 g/mol. The van der Waals surface area contributed by atoms with Crippen molar-refractivity contribution in [3.05, 3.63) is 23.2 Å². The molecule has 0 unspecified atom stereocenters. The summed E-state index contributed by atoms with van der Waals surface area (Å²) in [6.45, 7) is 1.09. The van der Waals surface area contributed by atoms with E-state index >= 15 is 0 Å². The summed E-state index contributed by atoms with van der Waals surface area (Å²) in [6, 6.07) is 5.48. The van der Waals surface area contributed by atoms with Gasteiger partial charge in [0.25, 0.3) is 0 Å². The predicted octanol–water partition coefficient (Wildman–Crippen LogP) is 2.45. The van der Waals surface area contributed by atoms with Gasteiger partial charge in [0.2, 0.25) is 0 Å². The van der Waals surface area contributed by atoms with Crippen molar-refractivity contribution in [1.29, 1.82) is 0 Å². The van der Waals surface area contributed by atoms with E-state index in [0.29, 0.717) is 10.7 Å². The molecule has 0 saturated heterocycles. The van der Waals surface area contributed by atoms with Crippen molar-refractivity contribution < 1.29 is 5.11 Å². The molecule has 0 heterocycles. The number of aliphatic hydroxyl groups excluding tert-OH is 1. The molecular formula is C11H17ClN2OS. The van der Waals surface area contributed by atoms with Crippen LogP contribution in [0.4, 0.5) is 11.4 Å². The number of rotatable bonds is 7. The number of halogens is 1. The Morgan fingerprint density at radius 3 is 2.88 bits per heavy atom. The summed E-state index contributed by atoms with van der Waals surface area (Å²) in [6.07, 6.45) is 0.846. The fourth-order valence-corrected chi connectivity index (χ4v) is 2.28. The minimum atomic E-state index is 0.262. The molecule has 0 aliphatic rings. The lowest BCUT2D eigenvalue weighted by Crippen LogP contribution is -2.07. The Kier molecular flexibility index (Phi) is 6.45. The number of nitrogens with one attached hydrogen (secondary N) is 1. The zero-order chi connectivity index (χ0) is 11.8. The minimum absolute atomic E-state index is 0.262. The van der Waals surface area contributed by atoms with Crippen LogP contribution < -0.4 is 11.1 Å². The number of nitrogen functional groups attached to an aromatic ring is 1. The van der Waals surface area contributed by atoms with Crippen LogP contribution in [0.1, 0.15) is 6.42 Å². The van der Waals surface area contributed by atoms with Crippen LogP contribution in [0.25, 0.3) is 0 Å². The van der Waals surface area contributed by atoms with Gasteiger partial charge in [-0.1, -0.05) is 17.7 Å². The standard InChI is InChI=1S/C11H17ClN2OS/c12-9-3-1-4-10(13)11(9)14-5-8-16-7-2-6-15/h1,3-4,14-15H,2,5-8,13H2. The molecule has 5 heteroatoms. The van der Waals surface area contributed by atoms with Gasteiger partial charge in [0, 0.05) is 18.9 Å². The maximum Gasteiger partial charge on any atom is 0.0763 e. The molecule has 0 amide bonds. The van der Waals surface area contributed by atoms with Crippen LogP contribution in [-0.4, -0.2) is 29.8 Å². The summed E-state index contributed by atoms with van der Waals surface area (Å²) < 4.78 is 0. The first-order chi connectivity index (χ1) is 7.75. The molecule has 1 aromatic rings. The lowest BCUT2D eigenvalue weighted by atomic mass is 10.2. The largest absolute Gasteiger partial charge is 0.397 e. The highest BCUT2D eigenvalue weighted by molar-refractivity contribution is 7.99. The number of anilines is 2. The maximum atomic E-state index is 8.61. The molecule has 1 aromatic carbocycles. The molecule has 0 aliphatic heterocycles. The van der Waals surface area contributed by atoms with Crippen LogP contribution in [0.3, 0.4) is 0 Å². The lowest BCUT2D eigenvalue weighted by Gasteiger charge is -2.10. The highest BCUT2D eigenvalue weighted by atomic mass is 35.5. The molecule has 1 rings (SSSR count). The number of para-hydroxylation sites is 1. The van der Waals surface area contributed by atoms with E-state index in [2.05, 4.69) is 5.32 Å². The van der Waals surface area contributed by atoms with Gasteiger partial charge in [0.15, 0.2) is 0 Å². The van der Waals surface area contributed by atoms with Gasteiger partial charge in [0.1, 0.15) is 0 Å². The number of benzene rings is 1. The first-order valence-corrected chi connectivity index (χ1v) is 6.75. The van der Waals surface area contributed by atoms with E-state index in [1.807, 2.05) is 18.2 Å². The van der Waals surface area contributed by atoms with E-state index in [-0.39, 0.29) is 6.61 Å². The van der Waals surface area contributed by atoms with E-state index in [4.69, 9.17) is 22.4 Å². The van der Waals surface area contributed by atoms with Crippen LogP contribution in [-0.2, 0) is 0 Å². The van der Waals surface area contributed by atoms with Crippen LogP contribution in [0.2, 0.25) is 5.02 Å². The number of hydrogen-bond acceptors (Lipinski definition) is 4. The summed E-state index contributed by atoms with van der Waals surface area (Å²) in [4.78, 5) is 0. The molecule has 0 radical (unpaired) electrons. The van der Waals surface area contributed by atoms with Gasteiger partial charge < -0.3 is 16.2 Å². The second-order valence-electron chi connectivity index (χ2n) is 3.32. The van der Waals surface area contributed by atoms with Gasteiger partial charge in [-0.25, -0.2) is 0 Å². The fraction of sp³-hybridized carbons (Fsp3) is 0.455. The third-order valence-corrected chi connectivity index (χ3v) is 3.43. The Morgan fingerprint density at radius 1 is 1.38 bits per heavy atom. The average Bonchev–Trinajstić information content (AvgIpc) is 2.26. The smallest absolute Gasteiger partial charge is 0.0763 e. The highest BCUT2D eigenvalue weighted by Gasteiger charge is 2.02. The molecule has 90 valence electrons. The number of aliphatic hydroxyl groups is 1. The molecule has 0 aromatic heterocycles. The molecular weight excluding hydrogens is 244 g/mol. The van der Waals surface area contributed by atoms with Crippen LogP contribution in [0.5, 0.6) is 0 Å². The van der Waals surface area contributed by atoms with Gasteiger partial charge in [0.05, 0.1) is 16.4 Å². The Labute approximate surface area is 105 Å². The summed E-state index contributed by atoms with van der Waals surface area (Å²) in [7, 11) is 0. The summed E-state index contributed by atoms with van der Waals surface area (Å²) in [5.41, 5.74) is 7.28. The first-order valence-electron chi connectivity index (χ1n) is 5.22. The first kappa shape index (κ1) is 13.5. The minimum Gasteiger partial charge on any atom is -0.397 e. The predicted molar refractivity (Wildman–Crippen MR) is 73.4 cm³/mol. The van der Waals surface area contributed by atoms with Crippen LogP contribution in [0.15, 0.2) is 18.2 Å². The number of hydrogen-bond donors (Lipinski definition) is 3. The Morgan fingerprint density at radius 2 is 2.19 bits per heavy atom. The van der Waals surface area contributed by atoms with Crippen molar-refractivity contribution in [3.8, 4) is 0 Å². The van der Waals surface area contributed by atoms with Crippen molar-refractivity contribution >= 4 is 34.7 Å². The molecule has 0 spiro atoms. The van der Waals surface area contributed by atoms with Crippen molar-refractivity contribution in [2.75, 3.05) is 35.7 Å². The van der Waals surface area contributed by atoms with E-state index in [1.54, 1.807) is 11.8 Å². The summed E-state index contributed by atoms with van der Waals surface area (Å²) >= 11 is 7.81. The van der Waals surface area contributed by atoms with Crippen molar-refractivity contribution in [2.24, 2.45) is 0 Å². The zero-order valence-corrected chi connectivity index (χ0v) is 10.7. The van der Waals surface area contributed by atoms with E-state index < -0.39 is 0 Å². The third-order valence-electron chi connectivity index (χ3n) is 2.04. The fourth-order valence-electron chi connectivity index (χ4n) is 1.24. The van der Waals surface area contributed by atoms with Gasteiger partial charge in [-0.05, 0) is 24.3 Å². The number of nitrogens with two attached hydrogens (primary N) is 1. The van der Waals surface area contributed by atoms with Gasteiger partial charge in [-0.2, -0.15) is 11.8 Å². The van der Waals surface area contributed by atoms with Crippen LogP contribution in [0, 0.1) is 0 Å². The SMILES string of the molecule is Nc1cccc(Cl)c1NCCSCCCO. The second kappa shape index (κ2) is 7.65. The Bertz CT molecular complexity index is 303. The topological polar surface area (TPSA) is 58.3 Å². The summed E-state index contributed by atoms with van der Waals surface area (Å²) in [5.74, 6) is 1.96. The number of thioether (sulfide) groups is 1. The molecule has 0 fully saturated rings. The normalized spacial score (nSPS) is 10.4. The Hall–Kier alpha value is -0.580. The van der Waals surface area contributed by atoms with Crippen molar-refractivity contribution in [1.82, 2.24) is 0 Å². The molecule has 0 atom stereocenters.